The number of rotatable bonds is 2. The van der Waals surface area contributed by atoms with Gasteiger partial charge in [0.1, 0.15) is 0 Å². The van der Waals surface area contributed by atoms with Crippen LogP contribution in [0.3, 0.4) is 0 Å². The summed E-state index contributed by atoms with van der Waals surface area (Å²) in [6.45, 7) is 1.56. The molecular formula is C11H13ClN2O. The highest BCUT2D eigenvalue weighted by Gasteiger charge is 2.21. The summed E-state index contributed by atoms with van der Waals surface area (Å²) < 4.78 is 0. The van der Waals surface area contributed by atoms with Crippen molar-refractivity contribution >= 4 is 17.5 Å². The van der Waals surface area contributed by atoms with E-state index in [0.717, 1.165) is 23.7 Å². The summed E-state index contributed by atoms with van der Waals surface area (Å²) in [7, 11) is 0. The van der Waals surface area contributed by atoms with Crippen LogP contribution in [0.1, 0.15) is 5.56 Å². The van der Waals surface area contributed by atoms with Crippen molar-refractivity contribution in [2.45, 2.75) is 12.5 Å². The number of carbonyl (C=O) groups excluding carboxylic acids is 1. The maximum Gasteiger partial charge on any atom is 0.237 e. The van der Waals surface area contributed by atoms with E-state index in [4.69, 9.17) is 11.6 Å². The van der Waals surface area contributed by atoms with Crippen LogP contribution in [0.25, 0.3) is 0 Å². The minimum absolute atomic E-state index is 0.0798. The Bertz CT molecular complexity index is 350. The second-order valence-electron chi connectivity index (χ2n) is 3.63. The number of halogens is 1. The maximum absolute atomic E-state index is 11.5. The zero-order valence-corrected chi connectivity index (χ0v) is 9.05. The Kier molecular flexibility index (Phi) is 3.23. The molecule has 1 fully saturated rings. The van der Waals surface area contributed by atoms with Crippen molar-refractivity contribution in [2.24, 2.45) is 0 Å². The van der Waals surface area contributed by atoms with Crippen molar-refractivity contribution in [1.82, 2.24) is 10.6 Å². The fraction of sp³-hybridized carbons (Fsp3) is 0.364. The van der Waals surface area contributed by atoms with Gasteiger partial charge in [-0.15, -0.1) is 0 Å². The standard InChI is InChI=1S/C11H13ClN2O/c12-9-3-1-8(2-4-9)7-10-11(15)14-6-5-13-10/h1-4,10,13H,5-7H2,(H,14,15)/t10-/m1/s1. The van der Waals surface area contributed by atoms with E-state index in [1.54, 1.807) is 0 Å². The molecule has 0 spiro atoms. The van der Waals surface area contributed by atoms with Gasteiger partial charge in [-0.2, -0.15) is 0 Å². The molecule has 3 nitrogen and oxygen atoms in total. The van der Waals surface area contributed by atoms with E-state index in [1.807, 2.05) is 24.3 Å². The number of hydrogen-bond acceptors (Lipinski definition) is 2. The van der Waals surface area contributed by atoms with Crippen LogP contribution in [-0.4, -0.2) is 25.0 Å². The third kappa shape index (κ3) is 2.70. The lowest BCUT2D eigenvalue weighted by atomic mass is 10.0. The number of hydrogen-bond donors (Lipinski definition) is 2. The van der Waals surface area contributed by atoms with E-state index in [0.29, 0.717) is 6.42 Å². The highest BCUT2D eigenvalue weighted by Crippen LogP contribution is 2.11. The molecule has 2 N–H and O–H groups in total. The monoisotopic (exact) mass is 224 g/mol. The highest BCUT2D eigenvalue weighted by molar-refractivity contribution is 6.30. The van der Waals surface area contributed by atoms with E-state index in [9.17, 15) is 4.79 Å². The van der Waals surface area contributed by atoms with E-state index >= 15 is 0 Å². The Morgan fingerprint density at radius 2 is 2.00 bits per heavy atom. The van der Waals surface area contributed by atoms with Crippen LogP contribution in [0.5, 0.6) is 0 Å². The average molecular weight is 225 g/mol. The van der Waals surface area contributed by atoms with Gasteiger partial charge in [0.25, 0.3) is 0 Å². The molecule has 1 saturated heterocycles. The number of nitrogens with one attached hydrogen (secondary N) is 2. The lowest BCUT2D eigenvalue weighted by molar-refractivity contribution is -0.124. The predicted molar refractivity (Wildman–Crippen MR) is 60.0 cm³/mol. The first-order chi connectivity index (χ1) is 7.25. The largest absolute Gasteiger partial charge is 0.353 e. The Labute approximate surface area is 93.8 Å². The first-order valence-corrected chi connectivity index (χ1v) is 5.39. The molecule has 0 bridgehead atoms. The van der Waals surface area contributed by atoms with Crippen LogP contribution in [-0.2, 0) is 11.2 Å². The normalized spacial score (nSPS) is 21.1. The van der Waals surface area contributed by atoms with Crippen LogP contribution in [0.15, 0.2) is 24.3 Å². The molecular weight excluding hydrogens is 212 g/mol. The van der Waals surface area contributed by atoms with Gasteiger partial charge in [0.15, 0.2) is 0 Å². The molecule has 0 saturated carbocycles. The quantitative estimate of drug-likeness (QED) is 0.786. The van der Waals surface area contributed by atoms with Gasteiger partial charge in [0.2, 0.25) is 5.91 Å². The molecule has 1 amide bonds. The van der Waals surface area contributed by atoms with Gasteiger partial charge in [-0.25, -0.2) is 0 Å². The third-order valence-electron chi connectivity index (χ3n) is 2.48. The second kappa shape index (κ2) is 4.64. The summed E-state index contributed by atoms with van der Waals surface area (Å²) in [4.78, 5) is 11.5. The first kappa shape index (κ1) is 10.5. The minimum Gasteiger partial charge on any atom is -0.353 e. The minimum atomic E-state index is -0.111. The summed E-state index contributed by atoms with van der Waals surface area (Å²) in [5.41, 5.74) is 1.12. The molecule has 1 aliphatic heterocycles. The number of piperazine rings is 1. The zero-order chi connectivity index (χ0) is 10.7. The molecule has 80 valence electrons. The summed E-state index contributed by atoms with van der Waals surface area (Å²) in [6, 6.07) is 7.48. The first-order valence-electron chi connectivity index (χ1n) is 5.01. The van der Waals surface area contributed by atoms with Crippen LogP contribution in [0.2, 0.25) is 5.02 Å². The fourth-order valence-electron chi connectivity index (χ4n) is 1.67. The van der Waals surface area contributed by atoms with Crippen LogP contribution >= 0.6 is 11.6 Å². The maximum atomic E-state index is 11.5. The van der Waals surface area contributed by atoms with Gasteiger partial charge in [-0.3, -0.25) is 4.79 Å². The van der Waals surface area contributed by atoms with Gasteiger partial charge in [0, 0.05) is 18.1 Å². The second-order valence-corrected chi connectivity index (χ2v) is 4.06. The molecule has 1 heterocycles. The van der Waals surface area contributed by atoms with Crippen molar-refractivity contribution in [2.75, 3.05) is 13.1 Å². The fourth-order valence-corrected chi connectivity index (χ4v) is 1.80. The number of amides is 1. The average Bonchev–Trinajstić information content (AvgIpc) is 2.25. The molecule has 4 heteroatoms. The summed E-state index contributed by atoms with van der Waals surface area (Å²) in [6.07, 6.45) is 0.711. The van der Waals surface area contributed by atoms with Crippen molar-refractivity contribution in [3.05, 3.63) is 34.9 Å². The number of benzene rings is 1. The van der Waals surface area contributed by atoms with Crippen molar-refractivity contribution in [3.8, 4) is 0 Å². The van der Waals surface area contributed by atoms with Crippen molar-refractivity contribution in [1.29, 1.82) is 0 Å². The van der Waals surface area contributed by atoms with E-state index in [2.05, 4.69) is 10.6 Å². The molecule has 0 aliphatic carbocycles. The molecule has 0 radical (unpaired) electrons. The Morgan fingerprint density at radius 1 is 1.27 bits per heavy atom. The van der Waals surface area contributed by atoms with Gasteiger partial charge >= 0.3 is 0 Å². The predicted octanol–water partition coefficient (Wildman–Crippen LogP) is 0.971. The zero-order valence-electron chi connectivity index (χ0n) is 8.29. The lowest BCUT2D eigenvalue weighted by Gasteiger charge is -2.23. The van der Waals surface area contributed by atoms with Crippen LogP contribution in [0.4, 0.5) is 0 Å². The summed E-state index contributed by atoms with van der Waals surface area (Å²) in [5.74, 6) is 0.0798. The van der Waals surface area contributed by atoms with Crippen LogP contribution < -0.4 is 10.6 Å². The Hall–Kier alpha value is -1.06. The molecule has 2 rings (SSSR count). The van der Waals surface area contributed by atoms with Crippen molar-refractivity contribution in [3.63, 3.8) is 0 Å². The molecule has 1 aliphatic rings. The van der Waals surface area contributed by atoms with E-state index in [-0.39, 0.29) is 11.9 Å². The Morgan fingerprint density at radius 3 is 2.67 bits per heavy atom. The highest BCUT2D eigenvalue weighted by atomic mass is 35.5. The van der Waals surface area contributed by atoms with Crippen LogP contribution in [0, 0.1) is 0 Å². The van der Waals surface area contributed by atoms with Gasteiger partial charge in [-0.1, -0.05) is 23.7 Å². The molecule has 1 atom stereocenters. The SMILES string of the molecule is O=C1NCCN[C@@H]1Cc1ccc(Cl)cc1. The molecule has 0 unspecified atom stereocenters. The molecule has 0 aromatic heterocycles. The molecule has 15 heavy (non-hydrogen) atoms. The van der Waals surface area contributed by atoms with Gasteiger partial charge < -0.3 is 10.6 Å². The summed E-state index contributed by atoms with van der Waals surface area (Å²) >= 11 is 5.79. The lowest BCUT2D eigenvalue weighted by Crippen LogP contribution is -2.53. The number of carbonyl (C=O) groups is 1. The Balaban J connectivity index is 2.01. The smallest absolute Gasteiger partial charge is 0.237 e. The van der Waals surface area contributed by atoms with Crippen molar-refractivity contribution < 1.29 is 4.79 Å². The molecule has 1 aromatic carbocycles. The molecule has 1 aromatic rings. The topological polar surface area (TPSA) is 41.1 Å². The van der Waals surface area contributed by atoms with E-state index in [1.165, 1.54) is 0 Å². The van der Waals surface area contributed by atoms with E-state index < -0.39 is 0 Å². The van der Waals surface area contributed by atoms with Gasteiger partial charge in [0.05, 0.1) is 6.04 Å². The van der Waals surface area contributed by atoms with Gasteiger partial charge in [-0.05, 0) is 24.1 Å². The third-order valence-corrected chi connectivity index (χ3v) is 2.74. The summed E-state index contributed by atoms with van der Waals surface area (Å²) in [5, 5.41) is 6.75.